The SMILES string of the molecule is CN1CCN=C1c1[c-]c(C(F)(F)F)cc(C(F)(F)F)c1.[Ir]. The molecule has 0 aromatic heterocycles. The van der Waals surface area contributed by atoms with Crippen molar-refractivity contribution in [1.29, 1.82) is 0 Å². The van der Waals surface area contributed by atoms with Crippen LogP contribution >= 0.6 is 0 Å². The van der Waals surface area contributed by atoms with Crippen molar-refractivity contribution < 1.29 is 46.4 Å². The molecular weight excluding hydrogens is 478 g/mol. The van der Waals surface area contributed by atoms with Gasteiger partial charge in [-0.2, -0.15) is 26.3 Å². The van der Waals surface area contributed by atoms with Gasteiger partial charge in [0, 0.05) is 39.0 Å². The summed E-state index contributed by atoms with van der Waals surface area (Å²) in [6, 6.07) is 2.66. The molecule has 2 nitrogen and oxygen atoms in total. The van der Waals surface area contributed by atoms with Crippen LogP contribution in [0.25, 0.3) is 0 Å². The number of aliphatic imine (C=N–C) groups is 1. The van der Waals surface area contributed by atoms with Crippen LogP contribution in [0.2, 0.25) is 0 Å². The molecule has 0 saturated carbocycles. The van der Waals surface area contributed by atoms with Crippen molar-refractivity contribution in [2.24, 2.45) is 4.99 Å². The van der Waals surface area contributed by atoms with Crippen LogP contribution in [0.4, 0.5) is 26.3 Å². The van der Waals surface area contributed by atoms with Crippen LogP contribution in [0, 0.1) is 6.07 Å². The van der Waals surface area contributed by atoms with E-state index in [9.17, 15) is 26.3 Å². The van der Waals surface area contributed by atoms with Gasteiger partial charge >= 0.3 is 12.4 Å². The summed E-state index contributed by atoms with van der Waals surface area (Å²) in [5.74, 6) is 0.0848. The molecule has 0 atom stereocenters. The zero-order valence-corrected chi connectivity index (χ0v) is 13.0. The molecule has 21 heavy (non-hydrogen) atoms. The maximum Gasteiger partial charge on any atom is 0.399 e. The van der Waals surface area contributed by atoms with Crippen LogP contribution in [0.5, 0.6) is 0 Å². The van der Waals surface area contributed by atoms with Gasteiger partial charge in [0.15, 0.2) is 0 Å². The van der Waals surface area contributed by atoms with E-state index in [1.165, 1.54) is 4.90 Å². The summed E-state index contributed by atoms with van der Waals surface area (Å²) in [6.07, 6.45) is -9.75. The zero-order chi connectivity index (χ0) is 15.1. The second-order valence-electron chi connectivity index (χ2n) is 4.32. The first-order valence-corrected chi connectivity index (χ1v) is 5.57. The van der Waals surface area contributed by atoms with Gasteiger partial charge in [-0.25, -0.2) is 0 Å². The third kappa shape index (κ3) is 3.97. The summed E-state index contributed by atoms with van der Waals surface area (Å²) in [5.41, 5.74) is -3.11. The van der Waals surface area contributed by atoms with Gasteiger partial charge in [0.05, 0.1) is 0 Å². The first-order chi connectivity index (χ1) is 9.09. The average molecular weight is 487 g/mol. The fraction of sp³-hybridized carbons (Fsp3) is 0.417. The van der Waals surface area contributed by atoms with E-state index in [1.807, 2.05) is 6.07 Å². The molecule has 9 heteroatoms. The number of rotatable bonds is 1. The topological polar surface area (TPSA) is 15.6 Å². The molecule has 0 bridgehead atoms. The first-order valence-electron chi connectivity index (χ1n) is 5.57. The molecule has 0 saturated heterocycles. The Labute approximate surface area is 130 Å². The largest absolute Gasteiger partial charge is 0.399 e. The number of halogens is 6. The minimum Gasteiger partial charge on any atom is -0.397 e. The fourth-order valence-electron chi connectivity index (χ4n) is 1.83. The molecule has 0 spiro atoms. The van der Waals surface area contributed by atoms with E-state index in [-0.39, 0.29) is 37.6 Å². The third-order valence-electron chi connectivity index (χ3n) is 2.80. The molecule has 119 valence electrons. The average Bonchev–Trinajstić information content (AvgIpc) is 2.72. The summed E-state index contributed by atoms with van der Waals surface area (Å²) < 4.78 is 76.1. The Kier molecular flexibility index (Phi) is 5.10. The summed E-state index contributed by atoms with van der Waals surface area (Å²) >= 11 is 0. The molecule has 0 N–H and O–H groups in total. The van der Waals surface area contributed by atoms with Gasteiger partial charge in [-0.1, -0.05) is 0 Å². The molecule has 0 aliphatic carbocycles. The van der Waals surface area contributed by atoms with E-state index in [0.717, 1.165) is 0 Å². The number of hydrogen-bond donors (Lipinski definition) is 0. The van der Waals surface area contributed by atoms with Crippen molar-refractivity contribution in [2.75, 3.05) is 20.1 Å². The maximum absolute atomic E-state index is 12.7. The Balaban J connectivity index is 0.00000220. The second kappa shape index (κ2) is 5.96. The normalized spacial score (nSPS) is 15.8. The minimum atomic E-state index is -4.90. The number of hydrogen-bond acceptors (Lipinski definition) is 2. The Bertz CT molecular complexity index is 517. The van der Waals surface area contributed by atoms with Crippen LogP contribution < -0.4 is 0 Å². The monoisotopic (exact) mass is 488 g/mol. The van der Waals surface area contributed by atoms with E-state index in [0.29, 0.717) is 19.2 Å². The molecule has 0 fully saturated rings. The van der Waals surface area contributed by atoms with Crippen LogP contribution in [-0.4, -0.2) is 30.9 Å². The van der Waals surface area contributed by atoms with Crippen LogP contribution in [0.3, 0.4) is 0 Å². The standard InChI is InChI=1S/C12H9F6N2.Ir/c1-20-3-2-19-10(20)7-4-8(11(13,14)15)6-9(5-7)12(16,17)18;/h4,6H,2-3H2,1H3;/q-1;. The van der Waals surface area contributed by atoms with E-state index in [2.05, 4.69) is 4.99 Å². The van der Waals surface area contributed by atoms with Gasteiger partial charge in [0.25, 0.3) is 0 Å². The van der Waals surface area contributed by atoms with Gasteiger partial charge in [0.2, 0.25) is 0 Å². The molecule has 1 aromatic carbocycles. The number of benzene rings is 1. The predicted molar refractivity (Wildman–Crippen MR) is 59.3 cm³/mol. The quantitative estimate of drug-likeness (QED) is 0.439. The molecular formula is C12H9F6IrN2-. The van der Waals surface area contributed by atoms with E-state index in [4.69, 9.17) is 0 Å². The molecule has 1 radical (unpaired) electrons. The van der Waals surface area contributed by atoms with Crippen molar-refractivity contribution >= 4 is 5.84 Å². The van der Waals surface area contributed by atoms with Crippen LogP contribution in [0.15, 0.2) is 17.1 Å². The summed E-state index contributed by atoms with van der Waals surface area (Å²) in [7, 11) is 1.55. The number of amidine groups is 1. The smallest absolute Gasteiger partial charge is 0.397 e. The maximum atomic E-state index is 12.7. The third-order valence-corrected chi connectivity index (χ3v) is 2.80. The number of alkyl halides is 6. The van der Waals surface area contributed by atoms with Crippen molar-refractivity contribution in [1.82, 2.24) is 4.90 Å². The fourth-order valence-corrected chi connectivity index (χ4v) is 1.83. The van der Waals surface area contributed by atoms with Crippen LogP contribution in [0.1, 0.15) is 16.7 Å². The zero-order valence-electron chi connectivity index (χ0n) is 10.6. The molecule has 0 amide bonds. The van der Waals surface area contributed by atoms with Crippen molar-refractivity contribution in [2.45, 2.75) is 12.4 Å². The summed E-state index contributed by atoms with van der Waals surface area (Å²) in [4.78, 5) is 5.40. The molecule has 2 rings (SSSR count). The van der Waals surface area contributed by atoms with Crippen molar-refractivity contribution in [3.8, 4) is 0 Å². The summed E-state index contributed by atoms with van der Waals surface area (Å²) in [6.45, 7) is 0.776. The van der Waals surface area contributed by atoms with Crippen molar-refractivity contribution in [3.05, 3.63) is 34.9 Å². The molecule has 1 aliphatic rings. The Morgan fingerprint density at radius 1 is 1.10 bits per heavy atom. The Hall–Kier alpha value is -1.08. The Morgan fingerprint density at radius 3 is 2.14 bits per heavy atom. The van der Waals surface area contributed by atoms with E-state index in [1.54, 1.807) is 7.05 Å². The van der Waals surface area contributed by atoms with Gasteiger partial charge in [-0.3, -0.25) is 0 Å². The minimum absolute atomic E-state index is 0. The first kappa shape index (κ1) is 18.0. The molecule has 1 aliphatic heterocycles. The number of nitrogens with zero attached hydrogens (tertiary/aromatic N) is 2. The number of likely N-dealkylation sites (N-methyl/N-ethyl adjacent to an activating group) is 1. The van der Waals surface area contributed by atoms with E-state index < -0.39 is 23.5 Å². The van der Waals surface area contributed by atoms with Gasteiger partial charge in [-0.05, 0) is 18.2 Å². The second-order valence-corrected chi connectivity index (χ2v) is 4.32. The molecule has 1 aromatic rings. The predicted octanol–water partition coefficient (Wildman–Crippen LogP) is 3.21. The molecule has 0 unspecified atom stereocenters. The Morgan fingerprint density at radius 2 is 1.71 bits per heavy atom. The van der Waals surface area contributed by atoms with E-state index >= 15 is 0 Å². The summed E-state index contributed by atoms with van der Waals surface area (Å²) in [5, 5.41) is 0. The van der Waals surface area contributed by atoms with Gasteiger partial charge in [0.1, 0.15) is 0 Å². The van der Waals surface area contributed by atoms with Gasteiger partial charge in [-0.15, -0.1) is 23.8 Å². The molecule has 1 heterocycles. The van der Waals surface area contributed by atoms with Crippen molar-refractivity contribution in [3.63, 3.8) is 0 Å². The van der Waals surface area contributed by atoms with Gasteiger partial charge < -0.3 is 9.89 Å². The van der Waals surface area contributed by atoms with Crippen LogP contribution in [-0.2, 0) is 32.5 Å².